The van der Waals surface area contributed by atoms with Crippen molar-refractivity contribution in [3.63, 3.8) is 0 Å². The number of nitrogens with one attached hydrogen (secondary N) is 1. The third-order valence-corrected chi connectivity index (χ3v) is 4.34. The first-order valence-corrected chi connectivity index (χ1v) is 9.01. The smallest absolute Gasteiger partial charge is 0.255 e. The summed E-state index contributed by atoms with van der Waals surface area (Å²) in [4.78, 5) is 12.1. The van der Waals surface area contributed by atoms with E-state index in [9.17, 15) is 9.90 Å². The SMILES string of the molecule is CCC(C)C#N.CCC(C)c1ccc(C(=O)Nc2ccccc2O)cc1. The quantitative estimate of drug-likeness (QED) is 0.676. The standard InChI is InChI=1S/C17H19NO2.C5H9N/c1-3-12(2)13-8-10-14(11-9-13)17(20)18-15-6-4-5-7-16(15)19;1-3-5(2)4-6/h4-12,19H,3H2,1-2H3,(H,18,20);5H,3H2,1-2H3. The molecule has 0 saturated carbocycles. The van der Waals surface area contributed by atoms with Crippen molar-refractivity contribution in [2.24, 2.45) is 5.92 Å². The molecular formula is C22H28N2O2. The second-order valence-electron chi connectivity index (χ2n) is 6.34. The van der Waals surface area contributed by atoms with Gasteiger partial charge in [0.25, 0.3) is 5.91 Å². The Balaban J connectivity index is 0.000000487. The third-order valence-electron chi connectivity index (χ3n) is 4.34. The van der Waals surface area contributed by atoms with Gasteiger partial charge in [0.15, 0.2) is 0 Å². The molecule has 0 heterocycles. The van der Waals surface area contributed by atoms with Gasteiger partial charge in [-0.3, -0.25) is 4.79 Å². The van der Waals surface area contributed by atoms with E-state index in [2.05, 4.69) is 25.2 Å². The topological polar surface area (TPSA) is 73.1 Å². The number of rotatable bonds is 5. The van der Waals surface area contributed by atoms with Gasteiger partial charge in [-0.2, -0.15) is 5.26 Å². The van der Waals surface area contributed by atoms with Crippen LogP contribution in [0.2, 0.25) is 0 Å². The van der Waals surface area contributed by atoms with Crippen molar-refractivity contribution in [3.05, 3.63) is 59.7 Å². The number of para-hydroxylation sites is 2. The molecular weight excluding hydrogens is 324 g/mol. The molecule has 0 bridgehead atoms. The lowest BCUT2D eigenvalue weighted by atomic mass is 9.97. The van der Waals surface area contributed by atoms with E-state index in [0.717, 1.165) is 12.8 Å². The molecule has 0 aliphatic rings. The fourth-order valence-corrected chi connectivity index (χ4v) is 2.06. The minimum atomic E-state index is -0.220. The molecule has 0 aliphatic carbocycles. The summed E-state index contributed by atoms with van der Waals surface area (Å²) in [7, 11) is 0. The summed E-state index contributed by atoms with van der Waals surface area (Å²) in [5.74, 6) is 0.578. The maximum absolute atomic E-state index is 12.1. The number of carbonyl (C=O) groups is 1. The summed E-state index contributed by atoms with van der Waals surface area (Å²) in [5.41, 5.74) is 2.23. The van der Waals surface area contributed by atoms with Crippen LogP contribution in [0.25, 0.3) is 0 Å². The van der Waals surface area contributed by atoms with Crippen LogP contribution in [-0.2, 0) is 0 Å². The Morgan fingerprint density at radius 1 is 1.08 bits per heavy atom. The molecule has 0 fully saturated rings. The highest BCUT2D eigenvalue weighted by atomic mass is 16.3. The first-order chi connectivity index (χ1) is 12.4. The van der Waals surface area contributed by atoms with E-state index >= 15 is 0 Å². The van der Waals surface area contributed by atoms with Crippen molar-refractivity contribution in [1.29, 1.82) is 5.26 Å². The van der Waals surface area contributed by atoms with Gasteiger partial charge in [-0.05, 0) is 55.5 Å². The largest absolute Gasteiger partial charge is 0.506 e. The molecule has 2 unspecified atom stereocenters. The molecule has 26 heavy (non-hydrogen) atoms. The van der Waals surface area contributed by atoms with Crippen LogP contribution in [0.4, 0.5) is 5.69 Å². The van der Waals surface area contributed by atoms with Gasteiger partial charge in [0.1, 0.15) is 5.75 Å². The van der Waals surface area contributed by atoms with Gasteiger partial charge >= 0.3 is 0 Å². The second kappa shape index (κ2) is 10.9. The van der Waals surface area contributed by atoms with E-state index in [4.69, 9.17) is 5.26 Å². The predicted molar refractivity (Wildman–Crippen MR) is 106 cm³/mol. The number of phenolic OH excluding ortho intramolecular Hbond substituents is 1. The monoisotopic (exact) mass is 352 g/mol. The number of anilines is 1. The van der Waals surface area contributed by atoms with Gasteiger partial charge in [0, 0.05) is 11.5 Å². The highest BCUT2D eigenvalue weighted by molar-refractivity contribution is 6.04. The van der Waals surface area contributed by atoms with Gasteiger partial charge in [0.2, 0.25) is 0 Å². The van der Waals surface area contributed by atoms with Crippen LogP contribution < -0.4 is 5.32 Å². The lowest BCUT2D eigenvalue weighted by Crippen LogP contribution is -2.12. The van der Waals surface area contributed by atoms with Gasteiger partial charge in [0.05, 0.1) is 11.8 Å². The van der Waals surface area contributed by atoms with Crippen LogP contribution in [0.5, 0.6) is 5.75 Å². The molecule has 2 rings (SSSR count). The summed E-state index contributed by atoms with van der Waals surface area (Å²) in [6.45, 7) is 8.23. The Bertz CT molecular complexity index is 733. The highest BCUT2D eigenvalue weighted by Gasteiger charge is 2.09. The molecule has 0 aliphatic heterocycles. The normalized spacial score (nSPS) is 12.1. The van der Waals surface area contributed by atoms with Gasteiger partial charge in [-0.15, -0.1) is 0 Å². The van der Waals surface area contributed by atoms with Crippen LogP contribution in [0.3, 0.4) is 0 Å². The minimum Gasteiger partial charge on any atom is -0.506 e. The lowest BCUT2D eigenvalue weighted by molar-refractivity contribution is 0.102. The van der Waals surface area contributed by atoms with E-state index in [1.165, 1.54) is 5.56 Å². The number of nitrogens with zero attached hydrogens (tertiary/aromatic N) is 1. The zero-order chi connectivity index (χ0) is 19.5. The number of benzene rings is 2. The summed E-state index contributed by atoms with van der Waals surface area (Å²) in [6.07, 6.45) is 2.04. The zero-order valence-electron chi connectivity index (χ0n) is 16.0. The fraction of sp³-hybridized carbons (Fsp3) is 0.364. The predicted octanol–water partition coefficient (Wildman–Crippen LogP) is 5.71. The molecule has 0 saturated heterocycles. The van der Waals surface area contributed by atoms with E-state index in [1.807, 2.05) is 38.1 Å². The number of carbonyl (C=O) groups excluding carboxylic acids is 1. The zero-order valence-corrected chi connectivity index (χ0v) is 16.0. The molecule has 4 nitrogen and oxygen atoms in total. The van der Waals surface area contributed by atoms with Crippen LogP contribution in [0.1, 0.15) is 62.4 Å². The molecule has 0 radical (unpaired) electrons. The van der Waals surface area contributed by atoms with Crippen molar-refractivity contribution in [3.8, 4) is 11.8 Å². The average Bonchev–Trinajstić information content (AvgIpc) is 2.69. The number of aromatic hydroxyl groups is 1. The molecule has 0 spiro atoms. The third kappa shape index (κ3) is 6.60. The van der Waals surface area contributed by atoms with Gasteiger partial charge < -0.3 is 10.4 Å². The molecule has 1 amide bonds. The molecule has 4 heteroatoms. The van der Waals surface area contributed by atoms with Crippen LogP contribution >= 0.6 is 0 Å². The number of phenols is 1. The molecule has 2 atom stereocenters. The van der Waals surface area contributed by atoms with E-state index < -0.39 is 0 Å². The molecule has 2 N–H and O–H groups in total. The highest BCUT2D eigenvalue weighted by Crippen LogP contribution is 2.23. The molecule has 0 aromatic heterocycles. The van der Waals surface area contributed by atoms with Gasteiger partial charge in [-0.25, -0.2) is 0 Å². The van der Waals surface area contributed by atoms with Crippen molar-refractivity contribution in [1.82, 2.24) is 0 Å². The first kappa shape index (κ1) is 21.2. The maximum atomic E-state index is 12.1. The number of hydrogen-bond donors (Lipinski definition) is 2. The first-order valence-electron chi connectivity index (χ1n) is 9.01. The molecule has 2 aromatic rings. The van der Waals surface area contributed by atoms with Crippen molar-refractivity contribution < 1.29 is 9.90 Å². The lowest BCUT2D eigenvalue weighted by Gasteiger charge is -2.10. The van der Waals surface area contributed by atoms with E-state index in [0.29, 0.717) is 17.2 Å². The number of hydrogen-bond acceptors (Lipinski definition) is 3. The summed E-state index contributed by atoms with van der Waals surface area (Å²) < 4.78 is 0. The van der Waals surface area contributed by atoms with Crippen molar-refractivity contribution in [2.75, 3.05) is 5.32 Å². The Kier molecular flexibility index (Phi) is 8.94. The Labute approximate surface area is 156 Å². The molecule has 138 valence electrons. The van der Waals surface area contributed by atoms with Gasteiger partial charge in [-0.1, -0.05) is 45.0 Å². The van der Waals surface area contributed by atoms with Crippen LogP contribution in [0, 0.1) is 17.2 Å². The Morgan fingerprint density at radius 2 is 1.69 bits per heavy atom. The maximum Gasteiger partial charge on any atom is 0.255 e. The summed E-state index contributed by atoms with van der Waals surface area (Å²) in [5, 5.41) is 20.4. The molecule has 2 aromatic carbocycles. The number of nitriles is 1. The van der Waals surface area contributed by atoms with Crippen molar-refractivity contribution >= 4 is 11.6 Å². The number of amides is 1. The van der Waals surface area contributed by atoms with E-state index in [1.54, 1.807) is 24.3 Å². The van der Waals surface area contributed by atoms with Crippen LogP contribution in [-0.4, -0.2) is 11.0 Å². The second-order valence-corrected chi connectivity index (χ2v) is 6.34. The fourth-order valence-electron chi connectivity index (χ4n) is 2.06. The minimum absolute atomic E-state index is 0.0667. The summed E-state index contributed by atoms with van der Waals surface area (Å²) in [6, 6.07) is 16.4. The Morgan fingerprint density at radius 3 is 2.15 bits per heavy atom. The average molecular weight is 352 g/mol. The van der Waals surface area contributed by atoms with Crippen LogP contribution in [0.15, 0.2) is 48.5 Å². The Hall–Kier alpha value is -2.80. The summed E-state index contributed by atoms with van der Waals surface area (Å²) >= 11 is 0. The van der Waals surface area contributed by atoms with Crippen molar-refractivity contribution in [2.45, 2.75) is 46.5 Å². The van der Waals surface area contributed by atoms with E-state index in [-0.39, 0.29) is 17.6 Å².